The number of aromatic nitrogens is 2. The lowest BCUT2D eigenvalue weighted by atomic mass is 9.86. The number of aliphatic hydroxyl groups is 1. The summed E-state index contributed by atoms with van der Waals surface area (Å²) in [5, 5.41) is 10.3. The van der Waals surface area contributed by atoms with Crippen molar-refractivity contribution >= 4 is 12.0 Å². The number of anilines is 1. The summed E-state index contributed by atoms with van der Waals surface area (Å²) < 4.78 is 11.1. The first-order valence-corrected chi connectivity index (χ1v) is 13.2. The smallest absolute Gasteiger partial charge is 0.327 e. The highest BCUT2D eigenvalue weighted by atomic mass is 16.5. The largest absolute Gasteiger partial charge is 0.497 e. The number of piperidine rings is 1. The highest BCUT2D eigenvalue weighted by Crippen LogP contribution is 2.40. The number of β-amino-alcohol motifs (C(OH)–C–C–N with tert-alkyl or cyclic N) is 1. The van der Waals surface area contributed by atoms with E-state index in [1.807, 2.05) is 43.0 Å². The molecule has 11 nitrogen and oxygen atoms in total. The number of nitrogens with one attached hydrogen (secondary N) is 2. The molecule has 0 radical (unpaired) electrons. The third-order valence-corrected chi connectivity index (χ3v) is 7.82. The molecule has 3 aliphatic rings. The number of methoxy groups -OCH3 is 2. The van der Waals surface area contributed by atoms with Gasteiger partial charge in [-0.3, -0.25) is 15.8 Å². The fourth-order valence-corrected chi connectivity index (χ4v) is 5.87. The van der Waals surface area contributed by atoms with E-state index in [0.717, 1.165) is 55.9 Å². The molecule has 1 aromatic heterocycles. The third kappa shape index (κ3) is 5.42. The molecule has 38 heavy (non-hydrogen) atoms. The topological polar surface area (TPSA) is 115 Å². The van der Waals surface area contributed by atoms with Crippen molar-refractivity contribution in [3.05, 3.63) is 41.6 Å². The Hall–Kier alpha value is -2.99. The molecule has 1 spiro atoms. The van der Waals surface area contributed by atoms with Crippen molar-refractivity contribution < 1.29 is 19.4 Å². The van der Waals surface area contributed by atoms with Gasteiger partial charge in [0.25, 0.3) is 0 Å². The van der Waals surface area contributed by atoms with Crippen LogP contribution < -0.4 is 25.2 Å². The van der Waals surface area contributed by atoms with Crippen LogP contribution in [0.15, 0.2) is 30.5 Å². The van der Waals surface area contributed by atoms with Gasteiger partial charge in [-0.25, -0.2) is 9.78 Å². The van der Waals surface area contributed by atoms with Crippen molar-refractivity contribution in [2.75, 3.05) is 58.4 Å². The predicted octanol–water partition coefficient (Wildman–Crippen LogP) is 1.73. The number of ether oxygens (including phenoxy) is 2. The maximum absolute atomic E-state index is 14.0. The molecule has 1 aromatic carbocycles. The first-order valence-electron chi connectivity index (χ1n) is 13.2. The Kier molecular flexibility index (Phi) is 7.45. The van der Waals surface area contributed by atoms with Crippen molar-refractivity contribution in [1.29, 1.82) is 0 Å². The van der Waals surface area contributed by atoms with Gasteiger partial charge in [0, 0.05) is 56.9 Å². The van der Waals surface area contributed by atoms with Gasteiger partial charge in [0.2, 0.25) is 11.8 Å². The molecule has 2 amide bonds. The second-order valence-electron chi connectivity index (χ2n) is 11.2. The number of carbonyl (C=O) groups is 1. The zero-order valence-electron chi connectivity index (χ0n) is 22.7. The second kappa shape index (κ2) is 10.6. The maximum atomic E-state index is 14.0. The van der Waals surface area contributed by atoms with Crippen molar-refractivity contribution in [2.24, 2.45) is 0 Å². The van der Waals surface area contributed by atoms with Gasteiger partial charge in [-0.2, -0.15) is 4.98 Å². The summed E-state index contributed by atoms with van der Waals surface area (Å²) in [6.45, 7) is 8.35. The summed E-state index contributed by atoms with van der Waals surface area (Å²) in [5.41, 5.74) is 7.05. The number of likely N-dealkylation sites (tertiary alicyclic amines) is 1. The van der Waals surface area contributed by atoms with Crippen LogP contribution >= 0.6 is 0 Å². The van der Waals surface area contributed by atoms with Gasteiger partial charge in [-0.05, 0) is 44.4 Å². The summed E-state index contributed by atoms with van der Waals surface area (Å²) in [5.74, 6) is 1.82. The van der Waals surface area contributed by atoms with Gasteiger partial charge in [-0.1, -0.05) is 12.1 Å². The summed E-state index contributed by atoms with van der Waals surface area (Å²) in [7, 11) is 3.25. The minimum atomic E-state index is -0.765. The zero-order valence-corrected chi connectivity index (χ0v) is 22.7. The molecule has 0 saturated carbocycles. The van der Waals surface area contributed by atoms with Gasteiger partial charge in [0.1, 0.15) is 5.75 Å². The number of urea groups is 1. The van der Waals surface area contributed by atoms with Gasteiger partial charge in [-0.15, -0.1) is 0 Å². The zero-order chi connectivity index (χ0) is 26.9. The van der Waals surface area contributed by atoms with Crippen LogP contribution in [0.5, 0.6) is 11.6 Å². The molecule has 3 saturated heterocycles. The Morgan fingerprint density at radius 1 is 1.16 bits per heavy atom. The van der Waals surface area contributed by atoms with Crippen molar-refractivity contribution in [3.8, 4) is 11.6 Å². The van der Waals surface area contributed by atoms with Crippen LogP contribution in [0.3, 0.4) is 0 Å². The van der Waals surface area contributed by atoms with E-state index in [0.29, 0.717) is 31.5 Å². The van der Waals surface area contributed by atoms with Crippen molar-refractivity contribution in [3.63, 3.8) is 0 Å². The molecule has 0 aliphatic carbocycles. The van der Waals surface area contributed by atoms with E-state index in [9.17, 15) is 9.90 Å². The monoisotopic (exact) mass is 525 g/mol. The first kappa shape index (κ1) is 26.6. The van der Waals surface area contributed by atoms with Gasteiger partial charge >= 0.3 is 6.03 Å². The lowest BCUT2D eigenvalue weighted by Crippen LogP contribution is -2.55. The van der Waals surface area contributed by atoms with Gasteiger partial charge in [0.15, 0.2) is 0 Å². The summed E-state index contributed by atoms with van der Waals surface area (Å²) in [6.07, 6.45) is 3.38. The molecular formula is C27H39N7O4. The first-order chi connectivity index (χ1) is 18.2. The fraction of sp³-hybridized carbons (Fsp3) is 0.593. The number of hydrogen-bond acceptors (Lipinski definition) is 9. The normalized spacial score (nSPS) is 20.5. The lowest BCUT2D eigenvalue weighted by molar-refractivity contribution is 0.00617. The molecule has 11 heteroatoms. The Balaban J connectivity index is 1.43. The quantitative estimate of drug-likeness (QED) is 0.474. The third-order valence-electron chi connectivity index (χ3n) is 7.82. The highest BCUT2D eigenvalue weighted by molar-refractivity contribution is 5.93. The van der Waals surface area contributed by atoms with Crippen LogP contribution in [0.1, 0.15) is 43.7 Å². The lowest BCUT2D eigenvalue weighted by Gasteiger charge is -2.44. The van der Waals surface area contributed by atoms with Crippen LogP contribution in [0.4, 0.5) is 10.7 Å². The Morgan fingerprint density at radius 2 is 1.89 bits per heavy atom. The van der Waals surface area contributed by atoms with E-state index in [2.05, 4.69) is 20.7 Å². The molecule has 0 bridgehead atoms. The van der Waals surface area contributed by atoms with E-state index in [1.165, 1.54) is 0 Å². The minimum Gasteiger partial charge on any atom is -0.497 e. The van der Waals surface area contributed by atoms with Crippen molar-refractivity contribution in [2.45, 2.75) is 50.3 Å². The van der Waals surface area contributed by atoms with Crippen LogP contribution in [0.2, 0.25) is 0 Å². The highest BCUT2D eigenvalue weighted by Gasteiger charge is 2.52. The fourth-order valence-electron chi connectivity index (χ4n) is 5.87. The molecule has 0 unspecified atom stereocenters. The van der Waals surface area contributed by atoms with Crippen LogP contribution in [0.25, 0.3) is 0 Å². The van der Waals surface area contributed by atoms with E-state index in [-0.39, 0.29) is 17.5 Å². The van der Waals surface area contributed by atoms with E-state index < -0.39 is 5.60 Å². The van der Waals surface area contributed by atoms with Gasteiger partial charge < -0.3 is 24.4 Å². The van der Waals surface area contributed by atoms with Gasteiger partial charge in [0.05, 0.1) is 31.9 Å². The predicted molar refractivity (Wildman–Crippen MR) is 143 cm³/mol. The molecule has 5 rings (SSSR count). The summed E-state index contributed by atoms with van der Waals surface area (Å²) in [6, 6.07) is 7.75. The Morgan fingerprint density at radius 3 is 2.55 bits per heavy atom. The maximum Gasteiger partial charge on any atom is 0.327 e. The number of hydrazine groups is 1. The SMILES string of the molecule is COc1cccc(CN2C(=O)N(c3ncc(C4CNNC4)c(OC)n3)CC23CCN(CC(C)(C)O)CC3)c1. The average molecular weight is 526 g/mol. The molecule has 3 N–H and O–H groups in total. The molecule has 206 valence electrons. The molecule has 3 fully saturated rings. The molecule has 0 atom stereocenters. The van der Waals surface area contributed by atoms with Crippen molar-refractivity contribution in [1.82, 2.24) is 30.6 Å². The Labute approximate surface area is 224 Å². The average Bonchev–Trinajstić information content (AvgIpc) is 3.53. The standard InChI is InChI=1S/C27H39N7O4/c1-26(2,36)17-32-10-8-27(9-11-32)18-33(25(35)34(27)16-19-6-5-7-21(12-19)37-3)24-28-15-22(23(31-24)38-4)20-13-29-30-14-20/h5-7,12,15,20,29-30,36H,8-11,13-14,16-18H2,1-4H3. The summed E-state index contributed by atoms with van der Waals surface area (Å²) in [4.78, 5) is 29.3. The number of nitrogens with zero attached hydrogens (tertiary/aromatic N) is 5. The molecular weight excluding hydrogens is 486 g/mol. The number of amides is 2. The molecule has 4 heterocycles. The number of rotatable bonds is 8. The Bertz CT molecular complexity index is 1140. The van der Waals surface area contributed by atoms with Crippen LogP contribution in [0, 0.1) is 0 Å². The molecule has 3 aliphatic heterocycles. The van der Waals surface area contributed by atoms with Crippen LogP contribution in [-0.4, -0.2) is 95.5 Å². The number of hydrogen-bond donors (Lipinski definition) is 3. The molecule has 2 aromatic rings. The second-order valence-corrected chi connectivity index (χ2v) is 11.2. The van der Waals surface area contributed by atoms with Crippen LogP contribution in [-0.2, 0) is 6.54 Å². The van der Waals surface area contributed by atoms with E-state index >= 15 is 0 Å². The number of benzene rings is 1. The van der Waals surface area contributed by atoms with E-state index in [4.69, 9.17) is 14.5 Å². The summed E-state index contributed by atoms with van der Waals surface area (Å²) >= 11 is 0. The van der Waals surface area contributed by atoms with E-state index in [1.54, 1.807) is 25.3 Å². The number of carbonyl (C=O) groups excluding carboxylic acids is 1. The minimum absolute atomic E-state index is 0.109.